The van der Waals surface area contributed by atoms with E-state index in [0.29, 0.717) is 16.6 Å². The van der Waals surface area contributed by atoms with Gasteiger partial charge in [0.05, 0.1) is 0 Å². The van der Waals surface area contributed by atoms with Crippen LogP contribution in [0, 0.1) is 5.41 Å². The molecule has 3 aliphatic rings. The number of aryl methyl sites for hydroxylation is 1. The molecule has 3 heterocycles. The van der Waals surface area contributed by atoms with E-state index in [1.54, 1.807) is 0 Å². The second kappa shape index (κ2) is 4.97. The summed E-state index contributed by atoms with van der Waals surface area (Å²) in [6, 6.07) is 4.71. The quantitative estimate of drug-likeness (QED) is 0.743. The summed E-state index contributed by atoms with van der Waals surface area (Å²) in [6.07, 6.45) is 6.06. The molecule has 0 radical (unpaired) electrons. The average molecular weight is 293 g/mol. The molecule has 1 aromatic heterocycles. The maximum Gasteiger partial charge on any atom is 0.129 e. The summed E-state index contributed by atoms with van der Waals surface area (Å²) in [6.45, 7) is 4.38. The monoisotopic (exact) mass is 292 g/mol. The Morgan fingerprint density at radius 1 is 1.25 bits per heavy atom. The van der Waals surface area contributed by atoms with Gasteiger partial charge in [0.2, 0.25) is 0 Å². The highest BCUT2D eigenvalue weighted by atomic mass is 35.5. The lowest BCUT2D eigenvalue weighted by atomic mass is 9.71. The zero-order chi connectivity index (χ0) is 13.6. The molecule has 1 aromatic rings. The normalized spacial score (nSPS) is 28.9. The number of aromatic nitrogens is 1. The van der Waals surface area contributed by atoms with Crippen LogP contribution < -0.4 is 0 Å². The zero-order valence-electron chi connectivity index (χ0n) is 11.8. The molecule has 2 fully saturated rings. The molecule has 4 heteroatoms. The van der Waals surface area contributed by atoms with E-state index in [1.807, 2.05) is 6.07 Å². The molecule has 1 spiro atoms. The van der Waals surface area contributed by atoms with Gasteiger partial charge in [0, 0.05) is 43.5 Å². The molecule has 0 aromatic carbocycles. The van der Waals surface area contributed by atoms with Crippen molar-refractivity contribution in [2.24, 2.45) is 5.41 Å². The molecule has 0 saturated carbocycles. The van der Waals surface area contributed by atoms with Crippen LogP contribution in [0.2, 0.25) is 5.15 Å². The summed E-state index contributed by atoms with van der Waals surface area (Å²) in [5.41, 5.74) is 3.19. The van der Waals surface area contributed by atoms with Crippen LogP contribution in [0.3, 0.4) is 0 Å². The molecule has 1 atom stereocenters. The lowest BCUT2D eigenvalue weighted by Crippen LogP contribution is -2.59. The predicted octanol–water partition coefficient (Wildman–Crippen LogP) is 3.22. The van der Waals surface area contributed by atoms with Crippen molar-refractivity contribution >= 4 is 11.6 Å². The molecule has 108 valence electrons. The van der Waals surface area contributed by atoms with Crippen molar-refractivity contribution in [2.45, 2.75) is 38.1 Å². The Labute approximate surface area is 125 Å². The highest BCUT2D eigenvalue weighted by molar-refractivity contribution is 6.29. The van der Waals surface area contributed by atoms with E-state index >= 15 is 0 Å². The van der Waals surface area contributed by atoms with Crippen LogP contribution in [0.25, 0.3) is 0 Å². The first kappa shape index (κ1) is 13.1. The lowest BCUT2D eigenvalue weighted by molar-refractivity contribution is -0.100. The van der Waals surface area contributed by atoms with Gasteiger partial charge in [-0.2, -0.15) is 0 Å². The van der Waals surface area contributed by atoms with E-state index < -0.39 is 0 Å². The first-order chi connectivity index (χ1) is 9.76. The van der Waals surface area contributed by atoms with Crippen molar-refractivity contribution in [3.63, 3.8) is 0 Å². The molecule has 3 nitrogen and oxygen atoms in total. The Balaban J connectivity index is 1.51. The highest BCUT2D eigenvalue weighted by Crippen LogP contribution is 2.46. The molecule has 1 aliphatic carbocycles. The summed E-state index contributed by atoms with van der Waals surface area (Å²) in [4.78, 5) is 7.18. The van der Waals surface area contributed by atoms with E-state index in [9.17, 15) is 0 Å². The van der Waals surface area contributed by atoms with E-state index in [4.69, 9.17) is 16.3 Å². The van der Waals surface area contributed by atoms with Gasteiger partial charge in [0.25, 0.3) is 0 Å². The van der Waals surface area contributed by atoms with Gasteiger partial charge >= 0.3 is 0 Å². The summed E-state index contributed by atoms with van der Waals surface area (Å²) in [5, 5.41) is 0.633. The maximum atomic E-state index is 6.03. The number of hydrogen-bond donors (Lipinski definition) is 0. The maximum absolute atomic E-state index is 6.03. The third-order valence-electron chi connectivity index (χ3n) is 5.30. The average Bonchev–Trinajstić information content (AvgIpc) is 2.44. The van der Waals surface area contributed by atoms with Crippen LogP contribution in [-0.2, 0) is 11.2 Å². The Morgan fingerprint density at radius 3 is 2.85 bits per heavy atom. The third kappa shape index (κ3) is 2.16. The predicted molar refractivity (Wildman–Crippen MR) is 79.0 cm³/mol. The fraction of sp³-hybridized carbons (Fsp3) is 0.688. The summed E-state index contributed by atoms with van der Waals surface area (Å²) in [7, 11) is 0. The minimum atomic E-state index is 0.551. The van der Waals surface area contributed by atoms with E-state index in [0.717, 1.165) is 19.6 Å². The second-order valence-electron chi connectivity index (χ2n) is 6.60. The van der Waals surface area contributed by atoms with Crippen LogP contribution in [0.1, 0.15) is 43.0 Å². The van der Waals surface area contributed by atoms with Crippen molar-refractivity contribution in [3.8, 4) is 0 Å². The molecule has 20 heavy (non-hydrogen) atoms. The molecule has 1 unspecified atom stereocenters. The van der Waals surface area contributed by atoms with Crippen LogP contribution in [0.15, 0.2) is 12.1 Å². The Kier molecular flexibility index (Phi) is 3.24. The Morgan fingerprint density at radius 2 is 2.05 bits per heavy atom. The minimum absolute atomic E-state index is 0.551. The number of rotatable bonds is 1. The molecule has 2 saturated heterocycles. The van der Waals surface area contributed by atoms with Gasteiger partial charge in [-0.3, -0.25) is 4.90 Å². The largest absolute Gasteiger partial charge is 0.381 e. The molecule has 2 aliphatic heterocycles. The van der Waals surface area contributed by atoms with Gasteiger partial charge in [-0.05, 0) is 43.7 Å². The second-order valence-corrected chi connectivity index (χ2v) is 6.98. The van der Waals surface area contributed by atoms with Crippen LogP contribution in [0.4, 0.5) is 0 Å². The van der Waals surface area contributed by atoms with Crippen molar-refractivity contribution in [1.82, 2.24) is 9.88 Å². The molecule has 0 N–H and O–H groups in total. The fourth-order valence-corrected chi connectivity index (χ4v) is 4.31. The van der Waals surface area contributed by atoms with Crippen LogP contribution in [-0.4, -0.2) is 36.2 Å². The van der Waals surface area contributed by atoms with Gasteiger partial charge in [-0.15, -0.1) is 0 Å². The summed E-state index contributed by atoms with van der Waals surface area (Å²) < 4.78 is 5.51. The lowest BCUT2D eigenvalue weighted by Gasteiger charge is -2.55. The van der Waals surface area contributed by atoms with Gasteiger partial charge in [-0.1, -0.05) is 17.7 Å². The standard InChI is InChI=1S/C16H21ClN2O/c17-15-5-4-12-13(18-15)2-1-3-14(12)19-10-16(11-19)6-8-20-9-7-16/h4-5,14H,1-3,6-11H2. The van der Waals surface area contributed by atoms with Gasteiger partial charge in [-0.25, -0.2) is 4.98 Å². The number of fused-ring (bicyclic) bond motifs is 1. The van der Waals surface area contributed by atoms with E-state index in [1.165, 1.54) is 50.0 Å². The number of hydrogen-bond acceptors (Lipinski definition) is 3. The first-order valence-electron chi connectivity index (χ1n) is 7.73. The minimum Gasteiger partial charge on any atom is -0.381 e. The number of nitrogens with zero attached hydrogens (tertiary/aromatic N) is 2. The molecule has 4 rings (SSSR count). The fourth-order valence-electron chi connectivity index (χ4n) is 4.14. The van der Waals surface area contributed by atoms with Crippen LogP contribution in [0.5, 0.6) is 0 Å². The summed E-state index contributed by atoms with van der Waals surface area (Å²) in [5.74, 6) is 0. The topological polar surface area (TPSA) is 25.4 Å². The molecule has 0 amide bonds. The first-order valence-corrected chi connectivity index (χ1v) is 8.11. The van der Waals surface area contributed by atoms with Gasteiger partial charge in [0.1, 0.15) is 5.15 Å². The van der Waals surface area contributed by atoms with Crippen molar-refractivity contribution in [2.75, 3.05) is 26.3 Å². The van der Waals surface area contributed by atoms with Crippen LogP contribution >= 0.6 is 11.6 Å². The molecular weight excluding hydrogens is 272 g/mol. The smallest absolute Gasteiger partial charge is 0.129 e. The zero-order valence-corrected chi connectivity index (χ0v) is 12.5. The summed E-state index contributed by atoms with van der Waals surface area (Å²) >= 11 is 6.03. The number of ether oxygens (including phenoxy) is 1. The van der Waals surface area contributed by atoms with E-state index in [2.05, 4.69) is 16.0 Å². The third-order valence-corrected chi connectivity index (χ3v) is 5.51. The number of pyridine rings is 1. The van der Waals surface area contributed by atoms with Crippen molar-refractivity contribution < 1.29 is 4.74 Å². The Hall–Kier alpha value is -0.640. The molecular formula is C16H21ClN2O. The number of likely N-dealkylation sites (tertiary alicyclic amines) is 1. The van der Waals surface area contributed by atoms with Gasteiger partial charge < -0.3 is 4.74 Å². The van der Waals surface area contributed by atoms with Crippen molar-refractivity contribution in [3.05, 3.63) is 28.5 Å². The van der Waals surface area contributed by atoms with Gasteiger partial charge in [0.15, 0.2) is 0 Å². The number of halogens is 1. The Bertz CT molecular complexity index is 505. The van der Waals surface area contributed by atoms with E-state index in [-0.39, 0.29) is 0 Å². The molecule has 0 bridgehead atoms. The van der Waals surface area contributed by atoms with Crippen molar-refractivity contribution in [1.29, 1.82) is 0 Å². The highest BCUT2D eigenvalue weighted by Gasteiger charge is 2.46. The SMILES string of the molecule is Clc1ccc2c(n1)CCCC2N1CC2(CCOCC2)C1.